The summed E-state index contributed by atoms with van der Waals surface area (Å²) in [4.78, 5) is 0. The van der Waals surface area contributed by atoms with E-state index < -0.39 is 11.7 Å². The molecule has 0 spiro atoms. The largest absolute Gasteiger partial charge is 0.463 e. The van der Waals surface area contributed by atoms with Crippen LogP contribution in [0.2, 0.25) is 0 Å². The molecule has 2 heterocycles. The molecule has 0 bridgehead atoms. The molecule has 0 saturated heterocycles. The average molecular weight is 293 g/mol. The molecule has 3 rings (SSSR count). The Balaban J connectivity index is 2.05. The molecule has 0 amide bonds. The van der Waals surface area contributed by atoms with Gasteiger partial charge in [0.15, 0.2) is 5.76 Å². The highest BCUT2D eigenvalue weighted by Crippen LogP contribution is 2.31. The van der Waals surface area contributed by atoms with Crippen LogP contribution in [0.3, 0.4) is 0 Å². The monoisotopic (exact) mass is 293 g/mol. The molecule has 1 aromatic carbocycles. The van der Waals surface area contributed by atoms with Crippen LogP contribution in [0.4, 0.5) is 19.0 Å². The minimum atomic E-state index is -4.41. The molecule has 21 heavy (non-hydrogen) atoms. The highest BCUT2D eigenvalue weighted by molar-refractivity contribution is 5.58. The summed E-state index contributed by atoms with van der Waals surface area (Å²) in [5, 5.41) is 4.18. The van der Waals surface area contributed by atoms with Gasteiger partial charge in [-0.15, -0.1) is 0 Å². The topological polar surface area (TPSA) is 57.0 Å². The lowest BCUT2D eigenvalue weighted by atomic mass is 10.2. The SMILES string of the molecule is Nc1cc(-c2ccco2)nn1-c1cccc(C(F)(F)F)c1. The van der Waals surface area contributed by atoms with Crippen LogP contribution in [0.15, 0.2) is 53.1 Å². The summed E-state index contributed by atoms with van der Waals surface area (Å²) < 4.78 is 44.6. The molecular weight excluding hydrogens is 283 g/mol. The van der Waals surface area contributed by atoms with E-state index in [0.717, 1.165) is 12.1 Å². The fraction of sp³-hybridized carbons (Fsp3) is 0.0714. The smallest absolute Gasteiger partial charge is 0.416 e. The number of nitrogens with zero attached hydrogens (tertiary/aromatic N) is 2. The first-order valence-corrected chi connectivity index (χ1v) is 6.02. The van der Waals surface area contributed by atoms with E-state index >= 15 is 0 Å². The van der Waals surface area contributed by atoms with Gasteiger partial charge < -0.3 is 10.2 Å². The molecule has 7 heteroatoms. The molecule has 0 saturated carbocycles. The number of halogens is 3. The molecule has 2 N–H and O–H groups in total. The minimum Gasteiger partial charge on any atom is -0.463 e. The van der Waals surface area contributed by atoms with Gasteiger partial charge in [0, 0.05) is 6.07 Å². The van der Waals surface area contributed by atoms with E-state index in [1.807, 2.05) is 0 Å². The number of nitrogen functional groups attached to an aromatic ring is 1. The molecule has 0 aliphatic heterocycles. The molecule has 0 aliphatic carbocycles. The lowest BCUT2D eigenvalue weighted by Crippen LogP contribution is -2.07. The zero-order valence-corrected chi connectivity index (χ0v) is 10.6. The minimum absolute atomic E-state index is 0.223. The summed E-state index contributed by atoms with van der Waals surface area (Å²) in [7, 11) is 0. The Kier molecular flexibility index (Phi) is 2.97. The van der Waals surface area contributed by atoms with E-state index in [0.29, 0.717) is 11.5 Å². The molecule has 2 aromatic heterocycles. The van der Waals surface area contributed by atoms with Crippen molar-refractivity contribution in [2.45, 2.75) is 6.18 Å². The first-order valence-electron chi connectivity index (χ1n) is 6.02. The second-order valence-corrected chi connectivity index (χ2v) is 4.39. The van der Waals surface area contributed by atoms with Gasteiger partial charge in [0.25, 0.3) is 0 Å². The van der Waals surface area contributed by atoms with Crippen molar-refractivity contribution in [3.05, 3.63) is 54.3 Å². The Morgan fingerprint density at radius 3 is 2.57 bits per heavy atom. The Morgan fingerprint density at radius 1 is 1.10 bits per heavy atom. The van der Waals surface area contributed by atoms with Crippen molar-refractivity contribution in [1.29, 1.82) is 0 Å². The Bertz CT molecular complexity index is 760. The van der Waals surface area contributed by atoms with E-state index in [2.05, 4.69) is 5.10 Å². The molecule has 4 nitrogen and oxygen atoms in total. The van der Waals surface area contributed by atoms with Gasteiger partial charge in [-0.1, -0.05) is 6.07 Å². The molecular formula is C14H10F3N3O. The number of furan rings is 1. The van der Waals surface area contributed by atoms with Crippen LogP contribution in [0.5, 0.6) is 0 Å². The standard InChI is InChI=1S/C14H10F3N3O/c15-14(16,17)9-3-1-4-10(7-9)20-13(18)8-11(19-20)12-5-2-6-21-12/h1-8H,18H2. The zero-order valence-electron chi connectivity index (χ0n) is 10.6. The van der Waals surface area contributed by atoms with Crippen LogP contribution in [-0.4, -0.2) is 9.78 Å². The predicted molar refractivity (Wildman–Crippen MR) is 70.7 cm³/mol. The second kappa shape index (κ2) is 4.69. The van der Waals surface area contributed by atoms with Crippen molar-refractivity contribution < 1.29 is 17.6 Å². The van der Waals surface area contributed by atoms with Crippen LogP contribution in [0.25, 0.3) is 17.1 Å². The lowest BCUT2D eigenvalue weighted by Gasteiger charge is -2.09. The van der Waals surface area contributed by atoms with Gasteiger partial charge in [-0.05, 0) is 30.3 Å². The first-order chi connectivity index (χ1) is 9.95. The number of alkyl halides is 3. The summed E-state index contributed by atoms with van der Waals surface area (Å²) >= 11 is 0. The van der Waals surface area contributed by atoms with Gasteiger partial charge in [0.1, 0.15) is 11.5 Å². The quantitative estimate of drug-likeness (QED) is 0.783. The van der Waals surface area contributed by atoms with E-state index in [9.17, 15) is 13.2 Å². The molecule has 3 aromatic rings. The fourth-order valence-corrected chi connectivity index (χ4v) is 1.96. The number of nitrogens with two attached hydrogens (primary N) is 1. The predicted octanol–water partition coefficient (Wildman–Crippen LogP) is 3.73. The van der Waals surface area contributed by atoms with Crippen LogP contribution in [0, 0.1) is 0 Å². The second-order valence-electron chi connectivity index (χ2n) is 4.39. The van der Waals surface area contributed by atoms with Gasteiger partial charge in [-0.3, -0.25) is 0 Å². The number of hydrogen-bond acceptors (Lipinski definition) is 3. The van der Waals surface area contributed by atoms with Gasteiger partial charge in [-0.25, -0.2) is 4.68 Å². The Morgan fingerprint density at radius 2 is 1.90 bits per heavy atom. The third-order valence-electron chi connectivity index (χ3n) is 2.93. The third-order valence-corrected chi connectivity index (χ3v) is 2.93. The molecule has 0 atom stereocenters. The number of hydrogen-bond donors (Lipinski definition) is 1. The van der Waals surface area contributed by atoms with Crippen molar-refractivity contribution >= 4 is 5.82 Å². The summed E-state index contributed by atoms with van der Waals surface area (Å²) in [5.41, 5.74) is 5.75. The van der Waals surface area contributed by atoms with Crippen LogP contribution in [-0.2, 0) is 6.18 Å². The fourth-order valence-electron chi connectivity index (χ4n) is 1.96. The van der Waals surface area contributed by atoms with Crippen molar-refractivity contribution in [3.8, 4) is 17.1 Å². The van der Waals surface area contributed by atoms with Crippen molar-refractivity contribution in [2.75, 3.05) is 5.73 Å². The third kappa shape index (κ3) is 2.49. The molecule has 108 valence electrons. The number of anilines is 1. The summed E-state index contributed by atoms with van der Waals surface area (Å²) in [5.74, 6) is 0.716. The first kappa shape index (κ1) is 13.3. The molecule has 0 aliphatic rings. The Labute approximate surface area is 117 Å². The highest BCUT2D eigenvalue weighted by atomic mass is 19.4. The van der Waals surface area contributed by atoms with Crippen molar-refractivity contribution in [1.82, 2.24) is 9.78 Å². The van der Waals surface area contributed by atoms with E-state index in [1.54, 1.807) is 18.2 Å². The highest BCUT2D eigenvalue weighted by Gasteiger charge is 2.30. The number of aromatic nitrogens is 2. The summed E-state index contributed by atoms with van der Waals surface area (Å²) in [6.45, 7) is 0. The van der Waals surface area contributed by atoms with Crippen LogP contribution < -0.4 is 5.73 Å². The number of rotatable bonds is 2. The zero-order chi connectivity index (χ0) is 15.0. The molecule has 0 unspecified atom stereocenters. The Hall–Kier alpha value is -2.70. The molecule has 0 radical (unpaired) electrons. The summed E-state index contributed by atoms with van der Waals surface area (Å²) in [6.07, 6.45) is -2.93. The van der Waals surface area contributed by atoms with Crippen molar-refractivity contribution in [2.24, 2.45) is 0 Å². The van der Waals surface area contributed by atoms with Crippen molar-refractivity contribution in [3.63, 3.8) is 0 Å². The summed E-state index contributed by atoms with van der Waals surface area (Å²) in [6, 6.07) is 9.73. The van der Waals surface area contributed by atoms with Gasteiger partial charge in [0.05, 0.1) is 17.5 Å². The number of benzene rings is 1. The maximum Gasteiger partial charge on any atom is 0.416 e. The average Bonchev–Trinajstić information content (AvgIpc) is 3.07. The van der Waals surface area contributed by atoms with E-state index in [1.165, 1.54) is 23.1 Å². The van der Waals surface area contributed by atoms with Crippen LogP contribution in [0.1, 0.15) is 5.56 Å². The maximum atomic E-state index is 12.7. The van der Waals surface area contributed by atoms with Gasteiger partial charge >= 0.3 is 6.18 Å². The maximum absolute atomic E-state index is 12.7. The van der Waals surface area contributed by atoms with E-state index in [4.69, 9.17) is 10.2 Å². The molecule has 0 fully saturated rings. The van der Waals surface area contributed by atoms with E-state index in [-0.39, 0.29) is 11.5 Å². The van der Waals surface area contributed by atoms with Gasteiger partial charge in [-0.2, -0.15) is 18.3 Å². The van der Waals surface area contributed by atoms with Crippen LogP contribution >= 0.6 is 0 Å². The normalized spacial score (nSPS) is 11.8. The lowest BCUT2D eigenvalue weighted by molar-refractivity contribution is -0.137. The van der Waals surface area contributed by atoms with Gasteiger partial charge in [0.2, 0.25) is 0 Å².